The van der Waals surface area contributed by atoms with Crippen molar-refractivity contribution < 1.29 is 9.18 Å². The zero-order chi connectivity index (χ0) is 16.2. The van der Waals surface area contributed by atoms with Crippen LogP contribution < -0.4 is 5.32 Å². The van der Waals surface area contributed by atoms with E-state index in [1.807, 2.05) is 36.4 Å². The van der Waals surface area contributed by atoms with Crippen molar-refractivity contribution >= 4 is 46.0 Å². The third-order valence-corrected chi connectivity index (χ3v) is 4.61. The van der Waals surface area contributed by atoms with Gasteiger partial charge in [-0.05, 0) is 29.8 Å². The summed E-state index contributed by atoms with van der Waals surface area (Å²) >= 11 is 6.53. The summed E-state index contributed by atoms with van der Waals surface area (Å²) in [6.45, 7) is 0.209. The number of benzene rings is 2. The van der Waals surface area contributed by atoms with Crippen molar-refractivity contribution in [3.8, 4) is 0 Å². The summed E-state index contributed by atoms with van der Waals surface area (Å²) in [5, 5.41) is 3.01. The fourth-order valence-corrected chi connectivity index (χ4v) is 3.36. The summed E-state index contributed by atoms with van der Waals surface area (Å²) in [4.78, 5) is 14.5. The van der Waals surface area contributed by atoms with Gasteiger partial charge in [-0.2, -0.15) is 0 Å². The fraction of sp³-hybridized carbons (Fsp3) is 0.0588. The van der Waals surface area contributed by atoms with Crippen molar-refractivity contribution in [2.75, 3.05) is 12.0 Å². The van der Waals surface area contributed by atoms with Crippen molar-refractivity contribution in [3.05, 3.63) is 70.9 Å². The molecule has 116 valence electrons. The van der Waals surface area contributed by atoms with Crippen LogP contribution in [0.15, 0.2) is 59.5 Å². The number of hydrogen-bond donors (Lipinski definition) is 1. The molecule has 1 saturated heterocycles. The molecule has 2 aromatic carbocycles. The van der Waals surface area contributed by atoms with Crippen LogP contribution in [0.3, 0.4) is 0 Å². The van der Waals surface area contributed by atoms with Gasteiger partial charge in [-0.3, -0.25) is 9.69 Å². The molecule has 0 radical (unpaired) electrons. The van der Waals surface area contributed by atoms with E-state index in [-0.39, 0.29) is 18.4 Å². The van der Waals surface area contributed by atoms with Crippen LogP contribution in [0.25, 0.3) is 6.08 Å². The molecule has 1 fully saturated rings. The maximum Gasteiger partial charge on any atom is 0.267 e. The minimum absolute atomic E-state index is 0.146. The van der Waals surface area contributed by atoms with E-state index < -0.39 is 0 Å². The number of halogens is 1. The predicted molar refractivity (Wildman–Crippen MR) is 96.3 cm³/mol. The van der Waals surface area contributed by atoms with E-state index in [4.69, 9.17) is 12.2 Å². The Labute approximate surface area is 143 Å². The largest absolute Gasteiger partial charge is 0.367 e. The average molecular weight is 344 g/mol. The molecule has 6 heteroatoms. The summed E-state index contributed by atoms with van der Waals surface area (Å²) < 4.78 is 13.7. The van der Waals surface area contributed by atoms with Gasteiger partial charge in [0.15, 0.2) is 0 Å². The summed E-state index contributed by atoms with van der Waals surface area (Å²) in [6, 6.07) is 15.7. The van der Waals surface area contributed by atoms with Gasteiger partial charge in [-0.15, -0.1) is 0 Å². The zero-order valence-corrected chi connectivity index (χ0v) is 13.7. The molecule has 2 aromatic rings. The molecule has 1 heterocycles. The predicted octanol–water partition coefficient (Wildman–Crippen LogP) is 4.10. The standard InChI is InChI=1S/C17H13FN2OS2/c18-13-7-4-8-14(10-13)19-11-20-16(21)15(23-17(20)22)9-12-5-2-1-3-6-12/h1-10,19H,11H2/b15-9-. The van der Waals surface area contributed by atoms with Crippen LogP contribution in [0.5, 0.6) is 0 Å². The van der Waals surface area contributed by atoms with E-state index in [2.05, 4.69) is 5.32 Å². The SMILES string of the molecule is O=C1/C(=C/c2ccccc2)SC(=S)N1CNc1cccc(F)c1. The number of nitrogens with zero attached hydrogens (tertiary/aromatic N) is 1. The Morgan fingerprint density at radius 3 is 2.70 bits per heavy atom. The highest BCUT2D eigenvalue weighted by molar-refractivity contribution is 8.26. The van der Waals surface area contributed by atoms with Gasteiger partial charge in [0.25, 0.3) is 5.91 Å². The van der Waals surface area contributed by atoms with Gasteiger partial charge < -0.3 is 5.32 Å². The second-order valence-electron chi connectivity index (χ2n) is 4.87. The smallest absolute Gasteiger partial charge is 0.267 e. The number of amides is 1. The van der Waals surface area contributed by atoms with Gasteiger partial charge in [0.1, 0.15) is 10.1 Å². The van der Waals surface area contributed by atoms with Gasteiger partial charge in [0.2, 0.25) is 0 Å². The van der Waals surface area contributed by atoms with Crippen LogP contribution in [-0.2, 0) is 4.79 Å². The monoisotopic (exact) mass is 344 g/mol. The highest BCUT2D eigenvalue weighted by atomic mass is 32.2. The first kappa shape index (κ1) is 15.7. The van der Waals surface area contributed by atoms with E-state index in [9.17, 15) is 9.18 Å². The lowest BCUT2D eigenvalue weighted by Crippen LogP contribution is -2.33. The summed E-state index contributed by atoms with van der Waals surface area (Å²) in [5.74, 6) is -0.475. The number of carbonyl (C=O) groups is 1. The second-order valence-corrected chi connectivity index (χ2v) is 6.54. The van der Waals surface area contributed by atoms with Crippen LogP contribution in [0.2, 0.25) is 0 Å². The minimum Gasteiger partial charge on any atom is -0.367 e. The molecular weight excluding hydrogens is 331 g/mol. The van der Waals surface area contributed by atoms with E-state index in [1.165, 1.54) is 28.8 Å². The summed E-state index contributed by atoms with van der Waals surface area (Å²) in [5.41, 5.74) is 1.55. The van der Waals surface area contributed by atoms with E-state index in [0.717, 1.165) is 5.56 Å². The first-order valence-electron chi connectivity index (χ1n) is 6.93. The molecule has 1 N–H and O–H groups in total. The molecule has 0 aliphatic carbocycles. The van der Waals surface area contributed by atoms with Crippen molar-refractivity contribution in [2.45, 2.75) is 0 Å². The molecule has 3 nitrogen and oxygen atoms in total. The van der Waals surface area contributed by atoms with Crippen LogP contribution in [0, 0.1) is 5.82 Å². The Morgan fingerprint density at radius 2 is 1.96 bits per heavy atom. The van der Waals surface area contributed by atoms with Gasteiger partial charge in [0.05, 0.1) is 11.6 Å². The molecule has 0 atom stereocenters. The molecule has 0 bridgehead atoms. The maximum atomic E-state index is 13.2. The van der Waals surface area contributed by atoms with Crippen molar-refractivity contribution in [1.29, 1.82) is 0 Å². The van der Waals surface area contributed by atoms with Crippen molar-refractivity contribution in [3.63, 3.8) is 0 Å². The van der Waals surface area contributed by atoms with E-state index in [1.54, 1.807) is 12.1 Å². The lowest BCUT2D eigenvalue weighted by molar-refractivity contribution is -0.121. The van der Waals surface area contributed by atoms with Crippen LogP contribution in [0.4, 0.5) is 10.1 Å². The lowest BCUT2D eigenvalue weighted by Gasteiger charge is -2.16. The quantitative estimate of drug-likeness (QED) is 0.669. The Morgan fingerprint density at radius 1 is 1.17 bits per heavy atom. The molecule has 1 aliphatic heterocycles. The van der Waals surface area contributed by atoms with Gasteiger partial charge in [0, 0.05) is 5.69 Å². The highest BCUT2D eigenvalue weighted by Gasteiger charge is 2.31. The molecule has 0 spiro atoms. The average Bonchev–Trinajstić information content (AvgIpc) is 2.80. The Balaban J connectivity index is 1.70. The molecule has 1 amide bonds. The summed E-state index contributed by atoms with van der Waals surface area (Å²) in [6.07, 6.45) is 1.82. The summed E-state index contributed by atoms with van der Waals surface area (Å²) in [7, 11) is 0. The number of anilines is 1. The number of rotatable bonds is 4. The highest BCUT2D eigenvalue weighted by Crippen LogP contribution is 2.32. The van der Waals surface area contributed by atoms with Crippen LogP contribution in [-0.4, -0.2) is 21.8 Å². The van der Waals surface area contributed by atoms with E-state index in [0.29, 0.717) is 14.9 Å². The molecule has 1 aliphatic rings. The number of hydrogen-bond acceptors (Lipinski definition) is 4. The third kappa shape index (κ3) is 3.78. The second kappa shape index (κ2) is 6.93. The Hall–Kier alpha value is -2.18. The Kier molecular flexibility index (Phi) is 4.73. The van der Waals surface area contributed by atoms with Crippen molar-refractivity contribution in [1.82, 2.24) is 4.90 Å². The van der Waals surface area contributed by atoms with Crippen LogP contribution in [0.1, 0.15) is 5.56 Å². The van der Waals surface area contributed by atoms with Crippen LogP contribution >= 0.6 is 24.0 Å². The Bertz CT molecular complexity index is 777. The third-order valence-electron chi connectivity index (χ3n) is 3.24. The molecule has 0 unspecified atom stereocenters. The molecule has 0 aromatic heterocycles. The van der Waals surface area contributed by atoms with Crippen molar-refractivity contribution in [2.24, 2.45) is 0 Å². The van der Waals surface area contributed by atoms with E-state index >= 15 is 0 Å². The number of carbonyl (C=O) groups excluding carboxylic acids is 1. The maximum absolute atomic E-state index is 13.2. The van der Waals surface area contributed by atoms with Gasteiger partial charge in [-0.1, -0.05) is 60.4 Å². The molecule has 3 rings (SSSR count). The number of thiocarbonyl (C=S) groups is 1. The number of nitrogens with one attached hydrogen (secondary N) is 1. The lowest BCUT2D eigenvalue weighted by atomic mass is 10.2. The zero-order valence-electron chi connectivity index (χ0n) is 12.0. The molecular formula is C17H13FN2OS2. The minimum atomic E-state index is -0.329. The number of thioether (sulfide) groups is 1. The first-order chi connectivity index (χ1) is 11.1. The molecule has 23 heavy (non-hydrogen) atoms. The van der Waals surface area contributed by atoms with Gasteiger partial charge in [-0.25, -0.2) is 4.39 Å². The molecule has 0 saturated carbocycles. The first-order valence-corrected chi connectivity index (χ1v) is 8.16. The topological polar surface area (TPSA) is 32.3 Å². The fourth-order valence-electron chi connectivity index (χ4n) is 2.11. The normalized spacial score (nSPS) is 16.2. The van der Waals surface area contributed by atoms with Gasteiger partial charge >= 0.3 is 0 Å².